The summed E-state index contributed by atoms with van der Waals surface area (Å²) in [6.45, 7) is 2.40. The van der Waals surface area contributed by atoms with E-state index in [0.717, 1.165) is 11.1 Å². The van der Waals surface area contributed by atoms with E-state index in [1.807, 2.05) is 37.3 Å². The van der Waals surface area contributed by atoms with Gasteiger partial charge in [-0.25, -0.2) is 0 Å². The summed E-state index contributed by atoms with van der Waals surface area (Å²) < 4.78 is 5.79. The standard InChI is InChI=1S/C24H17Cl3N2O2/c1-15-3-2-4-17(9-15)14-31-23-8-5-16(11-22(23)27)10-18(13-28)24(30)29-19-6-7-20(25)21(26)12-19/h2-12H,14H2,1H3,(H,29,30)/b18-10+. The monoisotopic (exact) mass is 470 g/mol. The van der Waals surface area contributed by atoms with E-state index in [9.17, 15) is 10.1 Å². The van der Waals surface area contributed by atoms with Gasteiger partial charge in [-0.15, -0.1) is 0 Å². The highest BCUT2D eigenvalue weighted by Gasteiger charge is 2.11. The van der Waals surface area contributed by atoms with Gasteiger partial charge in [-0.3, -0.25) is 4.79 Å². The summed E-state index contributed by atoms with van der Waals surface area (Å²) in [4.78, 5) is 12.4. The topological polar surface area (TPSA) is 62.1 Å². The maximum atomic E-state index is 12.4. The van der Waals surface area contributed by atoms with E-state index in [-0.39, 0.29) is 5.57 Å². The van der Waals surface area contributed by atoms with Crippen molar-refractivity contribution < 1.29 is 9.53 Å². The minimum Gasteiger partial charge on any atom is -0.487 e. The predicted molar refractivity (Wildman–Crippen MR) is 126 cm³/mol. The first-order chi connectivity index (χ1) is 14.9. The lowest BCUT2D eigenvalue weighted by Gasteiger charge is -2.09. The molecule has 156 valence electrons. The van der Waals surface area contributed by atoms with Gasteiger partial charge in [0.05, 0.1) is 15.1 Å². The quantitative estimate of drug-likeness (QED) is 0.308. The molecule has 0 radical (unpaired) electrons. The van der Waals surface area contributed by atoms with Gasteiger partial charge in [0.2, 0.25) is 0 Å². The second-order valence-corrected chi connectivity index (χ2v) is 7.94. The molecule has 0 aromatic heterocycles. The Balaban J connectivity index is 1.71. The third-order valence-electron chi connectivity index (χ3n) is 4.29. The zero-order valence-corrected chi connectivity index (χ0v) is 18.7. The third kappa shape index (κ3) is 6.26. The zero-order valence-electron chi connectivity index (χ0n) is 16.5. The van der Waals surface area contributed by atoms with Crippen molar-refractivity contribution in [3.05, 3.63) is 98.0 Å². The molecule has 0 aliphatic rings. The lowest BCUT2D eigenvalue weighted by Crippen LogP contribution is -2.13. The van der Waals surface area contributed by atoms with Gasteiger partial charge >= 0.3 is 0 Å². The van der Waals surface area contributed by atoms with Crippen LogP contribution in [0.4, 0.5) is 5.69 Å². The summed E-state index contributed by atoms with van der Waals surface area (Å²) in [5, 5.41) is 13.1. The molecule has 1 amide bonds. The number of carbonyl (C=O) groups excluding carboxylic acids is 1. The van der Waals surface area contributed by atoms with Gasteiger partial charge in [-0.2, -0.15) is 5.26 Å². The number of rotatable bonds is 6. The summed E-state index contributed by atoms with van der Waals surface area (Å²) in [7, 11) is 0. The zero-order chi connectivity index (χ0) is 22.4. The van der Waals surface area contributed by atoms with Gasteiger partial charge in [0.1, 0.15) is 24.0 Å². The van der Waals surface area contributed by atoms with Crippen molar-refractivity contribution in [3.8, 4) is 11.8 Å². The van der Waals surface area contributed by atoms with Crippen LogP contribution in [0.2, 0.25) is 15.1 Å². The fourth-order valence-electron chi connectivity index (χ4n) is 2.77. The maximum Gasteiger partial charge on any atom is 0.266 e. The van der Waals surface area contributed by atoms with E-state index in [1.54, 1.807) is 30.3 Å². The molecular weight excluding hydrogens is 455 g/mol. The van der Waals surface area contributed by atoms with Crippen LogP contribution in [-0.4, -0.2) is 5.91 Å². The molecule has 4 nitrogen and oxygen atoms in total. The molecule has 0 spiro atoms. The van der Waals surface area contributed by atoms with Crippen LogP contribution in [0.15, 0.2) is 66.2 Å². The largest absolute Gasteiger partial charge is 0.487 e. The van der Waals surface area contributed by atoms with E-state index < -0.39 is 5.91 Å². The van der Waals surface area contributed by atoms with Crippen molar-refractivity contribution in [2.45, 2.75) is 13.5 Å². The molecule has 0 heterocycles. The van der Waals surface area contributed by atoms with Crippen molar-refractivity contribution in [3.63, 3.8) is 0 Å². The fraction of sp³-hybridized carbons (Fsp3) is 0.0833. The Morgan fingerprint density at radius 3 is 2.52 bits per heavy atom. The van der Waals surface area contributed by atoms with E-state index in [2.05, 4.69) is 5.32 Å². The van der Waals surface area contributed by atoms with E-state index in [0.29, 0.717) is 38.7 Å². The molecule has 3 aromatic carbocycles. The number of nitrogens with one attached hydrogen (secondary N) is 1. The van der Waals surface area contributed by atoms with Crippen LogP contribution in [0.5, 0.6) is 5.75 Å². The Labute approximate surface area is 195 Å². The van der Waals surface area contributed by atoms with Gasteiger partial charge in [0.15, 0.2) is 0 Å². The molecule has 0 aliphatic heterocycles. The molecule has 0 unspecified atom stereocenters. The highest BCUT2D eigenvalue weighted by molar-refractivity contribution is 6.42. The number of anilines is 1. The molecule has 0 saturated carbocycles. The summed E-state index contributed by atoms with van der Waals surface area (Å²) in [5.74, 6) is -0.0594. The Bertz CT molecular complexity index is 1200. The average Bonchev–Trinajstić information content (AvgIpc) is 2.74. The van der Waals surface area contributed by atoms with E-state index in [4.69, 9.17) is 39.5 Å². The number of halogens is 3. The number of hydrogen-bond donors (Lipinski definition) is 1. The first-order valence-electron chi connectivity index (χ1n) is 9.22. The highest BCUT2D eigenvalue weighted by atomic mass is 35.5. The van der Waals surface area contributed by atoms with Crippen LogP contribution in [-0.2, 0) is 11.4 Å². The molecule has 3 rings (SSSR count). The summed E-state index contributed by atoms with van der Waals surface area (Å²) in [6, 6.07) is 19.6. The number of nitrogens with zero attached hydrogens (tertiary/aromatic N) is 1. The first-order valence-corrected chi connectivity index (χ1v) is 10.3. The summed E-state index contributed by atoms with van der Waals surface area (Å²) in [6.07, 6.45) is 1.45. The van der Waals surface area contributed by atoms with E-state index >= 15 is 0 Å². The molecular formula is C24H17Cl3N2O2. The van der Waals surface area contributed by atoms with Crippen molar-refractivity contribution in [2.24, 2.45) is 0 Å². The molecule has 31 heavy (non-hydrogen) atoms. The summed E-state index contributed by atoms with van der Waals surface area (Å²) in [5.41, 5.74) is 3.12. The van der Waals surface area contributed by atoms with Crippen LogP contribution in [0.3, 0.4) is 0 Å². The van der Waals surface area contributed by atoms with Crippen molar-refractivity contribution in [2.75, 3.05) is 5.32 Å². The molecule has 3 aromatic rings. The average molecular weight is 472 g/mol. The van der Waals surface area contributed by atoms with Gasteiger partial charge in [0, 0.05) is 5.69 Å². The summed E-state index contributed by atoms with van der Waals surface area (Å²) >= 11 is 18.2. The van der Waals surface area contributed by atoms with Crippen molar-refractivity contribution in [1.29, 1.82) is 5.26 Å². The lowest BCUT2D eigenvalue weighted by molar-refractivity contribution is -0.112. The Kier molecular flexibility index (Phi) is 7.59. The normalized spacial score (nSPS) is 11.0. The second-order valence-electron chi connectivity index (χ2n) is 6.72. The minimum atomic E-state index is -0.572. The fourth-order valence-corrected chi connectivity index (χ4v) is 3.32. The predicted octanol–water partition coefficient (Wildman–Crippen LogP) is 7.08. The SMILES string of the molecule is Cc1cccc(COc2ccc(/C=C(\C#N)C(=O)Nc3ccc(Cl)c(Cl)c3)cc2Cl)c1. The van der Waals surface area contributed by atoms with Crippen LogP contribution in [0.1, 0.15) is 16.7 Å². The second kappa shape index (κ2) is 10.4. The number of carbonyl (C=O) groups is 1. The molecule has 0 saturated heterocycles. The van der Waals surface area contributed by atoms with Crippen molar-refractivity contribution in [1.82, 2.24) is 0 Å². The molecule has 0 fully saturated rings. The van der Waals surface area contributed by atoms with Crippen LogP contribution in [0.25, 0.3) is 6.08 Å². The van der Waals surface area contributed by atoms with Gasteiger partial charge in [-0.1, -0.05) is 70.7 Å². The number of nitriles is 1. The Morgan fingerprint density at radius 2 is 1.84 bits per heavy atom. The Hall–Kier alpha value is -2.97. The smallest absolute Gasteiger partial charge is 0.266 e. The number of ether oxygens (including phenoxy) is 1. The Morgan fingerprint density at radius 1 is 1.03 bits per heavy atom. The van der Waals surface area contributed by atoms with Gasteiger partial charge < -0.3 is 10.1 Å². The lowest BCUT2D eigenvalue weighted by atomic mass is 10.1. The molecule has 7 heteroatoms. The molecule has 0 bridgehead atoms. The third-order valence-corrected chi connectivity index (χ3v) is 5.32. The minimum absolute atomic E-state index is 0.0874. The maximum absolute atomic E-state index is 12.4. The number of aryl methyl sites for hydroxylation is 1. The first kappa shape index (κ1) is 22.7. The highest BCUT2D eigenvalue weighted by Crippen LogP contribution is 2.28. The number of hydrogen-bond acceptors (Lipinski definition) is 3. The van der Waals surface area contributed by atoms with Gasteiger partial charge in [0.25, 0.3) is 5.91 Å². The van der Waals surface area contributed by atoms with Gasteiger partial charge in [-0.05, 0) is 54.5 Å². The molecule has 0 atom stereocenters. The van der Waals surface area contributed by atoms with Crippen LogP contribution >= 0.6 is 34.8 Å². The molecule has 1 N–H and O–H groups in total. The van der Waals surface area contributed by atoms with Crippen LogP contribution in [0, 0.1) is 18.3 Å². The van der Waals surface area contributed by atoms with E-state index in [1.165, 1.54) is 12.1 Å². The number of benzene rings is 3. The molecule has 0 aliphatic carbocycles. The van der Waals surface area contributed by atoms with Crippen molar-refractivity contribution >= 4 is 52.5 Å². The number of amides is 1. The van der Waals surface area contributed by atoms with Crippen LogP contribution < -0.4 is 10.1 Å².